The zero-order valence-corrected chi connectivity index (χ0v) is 11.6. The summed E-state index contributed by atoms with van der Waals surface area (Å²) < 4.78 is 5.55. The summed E-state index contributed by atoms with van der Waals surface area (Å²) in [6, 6.07) is 8.01. The van der Waals surface area contributed by atoms with E-state index >= 15 is 0 Å². The highest BCUT2D eigenvalue weighted by molar-refractivity contribution is 5.28. The Morgan fingerprint density at radius 2 is 2.11 bits per heavy atom. The van der Waals surface area contributed by atoms with E-state index in [1.807, 2.05) is 25.1 Å². The van der Waals surface area contributed by atoms with Crippen LogP contribution in [0.2, 0.25) is 0 Å². The lowest BCUT2D eigenvalue weighted by atomic mass is 10.2. The van der Waals surface area contributed by atoms with Crippen LogP contribution in [-0.2, 0) is 6.54 Å². The molecule has 2 N–H and O–H groups in total. The quantitative estimate of drug-likeness (QED) is 0.746. The summed E-state index contributed by atoms with van der Waals surface area (Å²) >= 11 is 0. The first kappa shape index (κ1) is 15.0. The van der Waals surface area contributed by atoms with Crippen LogP contribution in [0.5, 0.6) is 5.75 Å². The van der Waals surface area contributed by atoms with Gasteiger partial charge in [-0.1, -0.05) is 32.9 Å². The van der Waals surface area contributed by atoms with E-state index in [1.54, 1.807) is 0 Å². The number of nitrogens with one attached hydrogen (secondary N) is 1. The van der Waals surface area contributed by atoms with Gasteiger partial charge in [0.1, 0.15) is 12.4 Å². The minimum atomic E-state index is -0.382. The highest BCUT2D eigenvalue weighted by atomic mass is 16.5. The van der Waals surface area contributed by atoms with E-state index in [2.05, 4.69) is 25.2 Å². The second kappa shape index (κ2) is 8.11. The maximum atomic E-state index is 9.45. The highest BCUT2D eigenvalue weighted by Gasteiger charge is 2.02. The number of ether oxygens (including phenoxy) is 1. The van der Waals surface area contributed by atoms with Gasteiger partial charge in [0.2, 0.25) is 0 Å². The van der Waals surface area contributed by atoms with Crippen molar-refractivity contribution in [1.29, 1.82) is 0 Å². The number of benzene rings is 1. The predicted octanol–water partition coefficient (Wildman–Crippen LogP) is 2.58. The summed E-state index contributed by atoms with van der Waals surface area (Å²) in [6.07, 6.45) is 0.336. The van der Waals surface area contributed by atoms with E-state index in [4.69, 9.17) is 4.74 Å². The van der Waals surface area contributed by atoms with Crippen LogP contribution in [0.1, 0.15) is 32.8 Å². The van der Waals surface area contributed by atoms with E-state index in [9.17, 15) is 5.11 Å². The van der Waals surface area contributed by atoms with Crippen molar-refractivity contribution in [3.63, 3.8) is 0 Å². The number of hydrogen-bond acceptors (Lipinski definition) is 3. The number of aliphatic hydroxyl groups excluding tert-OH is 1. The molecule has 1 rings (SSSR count). The van der Waals surface area contributed by atoms with Gasteiger partial charge in [-0.25, -0.2) is 0 Å². The lowest BCUT2D eigenvalue weighted by molar-refractivity contribution is 0.104. The third kappa shape index (κ3) is 6.03. The van der Waals surface area contributed by atoms with Gasteiger partial charge in [0.05, 0.1) is 6.10 Å². The third-order valence-corrected chi connectivity index (χ3v) is 2.69. The van der Waals surface area contributed by atoms with Crippen molar-refractivity contribution in [2.75, 3.05) is 13.2 Å². The maximum absolute atomic E-state index is 9.45. The van der Waals surface area contributed by atoms with Gasteiger partial charge in [-0.15, -0.1) is 0 Å². The van der Waals surface area contributed by atoms with Crippen LogP contribution in [0.25, 0.3) is 0 Å². The minimum absolute atomic E-state index is 0.360. The van der Waals surface area contributed by atoms with Gasteiger partial charge in [0.25, 0.3) is 0 Å². The molecule has 0 saturated carbocycles. The molecule has 0 amide bonds. The molecule has 0 aliphatic heterocycles. The number of aliphatic hydroxyl groups is 1. The Bertz CT molecular complexity index is 339. The van der Waals surface area contributed by atoms with Crippen molar-refractivity contribution in [3.8, 4) is 5.75 Å². The van der Waals surface area contributed by atoms with Gasteiger partial charge in [0, 0.05) is 6.54 Å². The molecule has 3 heteroatoms. The summed E-state index contributed by atoms with van der Waals surface area (Å²) in [4.78, 5) is 0. The standard InChI is InChI=1S/C15H25NO2/c1-4-14(17)11-18-15-7-5-6-13(8-15)10-16-9-12(2)3/h5-8,12,14,16-17H,4,9-11H2,1-3H3. The van der Waals surface area contributed by atoms with Gasteiger partial charge in [0.15, 0.2) is 0 Å². The molecule has 1 unspecified atom stereocenters. The molecule has 0 heterocycles. The predicted molar refractivity (Wildman–Crippen MR) is 74.8 cm³/mol. The van der Waals surface area contributed by atoms with Crippen molar-refractivity contribution in [2.24, 2.45) is 5.92 Å². The molecule has 102 valence electrons. The number of rotatable bonds is 8. The monoisotopic (exact) mass is 251 g/mol. The van der Waals surface area contributed by atoms with E-state index in [0.29, 0.717) is 12.5 Å². The minimum Gasteiger partial charge on any atom is -0.491 e. The lowest BCUT2D eigenvalue weighted by Crippen LogP contribution is -2.19. The van der Waals surface area contributed by atoms with E-state index in [0.717, 1.165) is 25.3 Å². The maximum Gasteiger partial charge on any atom is 0.119 e. The first-order valence-electron chi connectivity index (χ1n) is 6.72. The molecule has 0 spiro atoms. The zero-order valence-electron chi connectivity index (χ0n) is 11.6. The molecule has 3 nitrogen and oxygen atoms in total. The third-order valence-electron chi connectivity index (χ3n) is 2.69. The molecule has 1 atom stereocenters. The molecule has 18 heavy (non-hydrogen) atoms. The Kier molecular flexibility index (Phi) is 6.76. The van der Waals surface area contributed by atoms with Crippen molar-refractivity contribution < 1.29 is 9.84 Å². The van der Waals surface area contributed by atoms with Crippen LogP contribution < -0.4 is 10.1 Å². The Balaban J connectivity index is 2.41. The number of hydrogen-bond donors (Lipinski definition) is 2. The van der Waals surface area contributed by atoms with Crippen LogP contribution in [0, 0.1) is 5.92 Å². The second-order valence-corrected chi connectivity index (χ2v) is 5.05. The summed E-state index contributed by atoms with van der Waals surface area (Å²) in [5.41, 5.74) is 1.21. The first-order chi connectivity index (χ1) is 8.61. The molecule has 1 aromatic carbocycles. The molecular formula is C15H25NO2. The van der Waals surface area contributed by atoms with E-state index in [1.165, 1.54) is 5.56 Å². The molecule has 0 aliphatic rings. The fourth-order valence-corrected chi connectivity index (χ4v) is 1.56. The first-order valence-corrected chi connectivity index (χ1v) is 6.72. The van der Waals surface area contributed by atoms with Crippen molar-refractivity contribution in [2.45, 2.75) is 39.8 Å². The fourth-order valence-electron chi connectivity index (χ4n) is 1.56. The van der Waals surface area contributed by atoms with Gasteiger partial charge in [-0.05, 0) is 36.6 Å². The van der Waals surface area contributed by atoms with Crippen LogP contribution >= 0.6 is 0 Å². The smallest absolute Gasteiger partial charge is 0.119 e. The second-order valence-electron chi connectivity index (χ2n) is 5.05. The molecule has 0 aromatic heterocycles. The van der Waals surface area contributed by atoms with Crippen LogP contribution in [0.3, 0.4) is 0 Å². The van der Waals surface area contributed by atoms with Crippen LogP contribution in [0.4, 0.5) is 0 Å². The topological polar surface area (TPSA) is 41.5 Å². The van der Waals surface area contributed by atoms with Crippen LogP contribution in [0.15, 0.2) is 24.3 Å². The normalized spacial score (nSPS) is 12.7. The Labute approximate surface area is 110 Å². The molecular weight excluding hydrogens is 226 g/mol. The van der Waals surface area contributed by atoms with Gasteiger partial charge >= 0.3 is 0 Å². The fraction of sp³-hybridized carbons (Fsp3) is 0.600. The van der Waals surface area contributed by atoms with Gasteiger partial charge < -0.3 is 15.2 Å². The summed E-state index contributed by atoms with van der Waals surface area (Å²) in [5.74, 6) is 1.48. The Morgan fingerprint density at radius 3 is 2.78 bits per heavy atom. The molecule has 1 aromatic rings. The average Bonchev–Trinajstić information content (AvgIpc) is 2.36. The molecule has 0 saturated heterocycles. The lowest BCUT2D eigenvalue weighted by Gasteiger charge is -2.12. The summed E-state index contributed by atoms with van der Waals surface area (Å²) in [6.45, 7) is 8.56. The molecule has 0 radical (unpaired) electrons. The highest BCUT2D eigenvalue weighted by Crippen LogP contribution is 2.13. The van der Waals surface area contributed by atoms with Crippen molar-refractivity contribution in [1.82, 2.24) is 5.32 Å². The largest absolute Gasteiger partial charge is 0.491 e. The SMILES string of the molecule is CCC(O)COc1cccc(CNCC(C)C)c1. The average molecular weight is 251 g/mol. The van der Waals surface area contributed by atoms with Crippen molar-refractivity contribution in [3.05, 3.63) is 29.8 Å². The Hall–Kier alpha value is -1.06. The molecule has 0 aliphatic carbocycles. The summed E-state index contributed by atoms with van der Waals surface area (Å²) in [5, 5.41) is 12.9. The van der Waals surface area contributed by atoms with Crippen LogP contribution in [-0.4, -0.2) is 24.4 Å². The molecule has 0 fully saturated rings. The molecule has 0 bridgehead atoms. The summed E-state index contributed by atoms with van der Waals surface area (Å²) in [7, 11) is 0. The van der Waals surface area contributed by atoms with E-state index < -0.39 is 0 Å². The Morgan fingerprint density at radius 1 is 1.33 bits per heavy atom. The zero-order chi connectivity index (χ0) is 13.4. The van der Waals surface area contributed by atoms with Gasteiger partial charge in [-0.2, -0.15) is 0 Å². The van der Waals surface area contributed by atoms with Gasteiger partial charge in [-0.3, -0.25) is 0 Å². The van der Waals surface area contributed by atoms with Crippen molar-refractivity contribution >= 4 is 0 Å². The van der Waals surface area contributed by atoms with E-state index in [-0.39, 0.29) is 6.10 Å².